The van der Waals surface area contributed by atoms with Crippen LogP contribution in [0.1, 0.15) is 42.3 Å². The number of carbonyl (C=O) groups excluding carboxylic acids is 1. The van der Waals surface area contributed by atoms with Crippen molar-refractivity contribution in [1.29, 1.82) is 0 Å². The lowest BCUT2D eigenvalue weighted by molar-refractivity contribution is -0.0154. The molecule has 0 fully saturated rings. The van der Waals surface area contributed by atoms with E-state index in [4.69, 9.17) is 4.74 Å². The Morgan fingerprint density at radius 3 is 2.50 bits per heavy atom. The summed E-state index contributed by atoms with van der Waals surface area (Å²) in [6.07, 6.45) is 0.419. The Labute approximate surface area is 197 Å². The molecule has 4 rings (SSSR count). The molecule has 0 radical (unpaired) electrons. The van der Waals surface area contributed by atoms with Crippen LogP contribution in [0.2, 0.25) is 0 Å². The molecule has 178 valence electrons. The highest BCUT2D eigenvalue weighted by molar-refractivity contribution is 5.94. The van der Waals surface area contributed by atoms with Crippen molar-refractivity contribution >= 4 is 22.8 Å². The van der Waals surface area contributed by atoms with Crippen molar-refractivity contribution < 1.29 is 24.5 Å². The molecule has 0 aliphatic carbocycles. The molecule has 2 atom stereocenters. The number of pyridine rings is 1. The Morgan fingerprint density at radius 1 is 1.12 bits per heavy atom. The number of carbonyl (C=O) groups is 2. The maximum Gasteiger partial charge on any atom is 0.410 e. The van der Waals surface area contributed by atoms with Gasteiger partial charge in [0.1, 0.15) is 5.60 Å². The molecule has 34 heavy (non-hydrogen) atoms. The number of ether oxygens (including phenoxy) is 1. The van der Waals surface area contributed by atoms with Crippen LogP contribution in [-0.2, 0) is 24.2 Å². The number of aromatic nitrogens is 1. The fourth-order valence-electron chi connectivity index (χ4n) is 4.30. The normalized spacial score (nSPS) is 16.7. The zero-order valence-corrected chi connectivity index (χ0v) is 19.4. The average molecular weight is 465 g/mol. The van der Waals surface area contributed by atoms with Crippen molar-refractivity contribution in [2.24, 2.45) is 0 Å². The first-order chi connectivity index (χ1) is 16.0. The molecule has 0 bridgehead atoms. The van der Waals surface area contributed by atoms with Gasteiger partial charge in [0.15, 0.2) is 0 Å². The van der Waals surface area contributed by atoms with Crippen LogP contribution in [0, 0.1) is 0 Å². The molecule has 1 amide bonds. The van der Waals surface area contributed by atoms with Crippen LogP contribution in [0.3, 0.4) is 0 Å². The van der Waals surface area contributed by atoms with Crippen LogP contribution in [-0.4, -0.2) is 49.5 Å². The summed E-state index contributed by atoms with van der Waals surface area (Å²) < 4.78 is 6.98. The van der Waals surface area contributed by atoms with E-state index in [1.807, 2.05) is 24.3 Å². The van der Waals surface area contributed by atoms with Gasteiger partial charge in [-0.3, -0.25) is 9.69 Å². The van der Waals surface area contributed by atoms with Gasteiger partial charge in [-0.1, -0.05) is 24.3 Å². The highest BCUT2D eigenvalue weighted by Crippen LogP contribution is 2.27. The summed E-state index contributed by atoms with van der Waals surface area (Å²) in [5.74, 6) is -1.07. The molecule has 0 saturated heterocycles. The SMILES string of the molecule is CC(C)(C)OC(=O)N1Cc2ccccc2C[C@H]1[C@H](O)Cn1ccc2cc(C(=O)O)ccc2c1=O. The minimum atomic E-state index is -1.07. The van der Waals surface area contributed by atoms with Crippen LogP contribution in [0.25, 0.3) is 10.8 Å². The van der Waals surface area contributed by atoms with E-state index in [0.29, 0.717) is 23.7 Å². The highest BCUT2D eigenvalue weighted by atomic mass is 16.6. The van der Waals surface area contributed by atoms with Gasteiger partial charge >= 0.3 is 12.1 Å². The maximum atomic E-state index is 13.0. The lowest BCUT2D eigenvalue weighted by Crippen LogP contribution is -2.53. The van der Waals surface area contributed by atoms with Gasteiger partial charge in [-0.05, 0) is 68.0 Å². The molecule has 8 heteroatoms. The van der Waals surface area contributed by atoms with Gasteiger partial charge in [0, 0.05) is 18.1 Å². The predicted octanol–water partition coefficient (Wildman–Crippen LogP) is 3.42. The van der Waals surface area contributed by atoms with Gasteiger partial charge in [-0.2, -0.15) is 0 Å². The number of aliphatic hydroxyl groups excluding tert-OH is 1. The predicted molar refractivity (Wildman–Crippen MR) is 127 cm³/mol. The van der Waals surface area contributed by atoms with E-state index >= 15 is 0 Å². The van der Waals surface area contributed by atoms with Crippen molar-refractivity contribution in [2.75, 3.05) is 0 Å². The third-order valence-corrected chi connectivity index (χ3v) is 5.97. The van der Waals surface area contributed by atoms with E-state index in [0.717, 1.165) is 11.1 Å². The van der Waals surface area contributed by atoms with Crippen molar-refractivity contribution in [3.8, 4) is 0 Å². The van der Waals surface area contributed by atoms with Gasteiger partial charge in [0.2, 0.25) is 0 Å². The number of hydrogen-bond acceptors (Lipinski definition) is 5. The first-order valence-electron chi connectivity index (χ1n) is 11.1. The number of nitrogens with zero attached hydrogens (tertiary/aromatic N) is 2. The van der Waals surface area contributed by atoms with E-state index < -0.39 is 29.8 Å². The summed E-state index contributed by atoms with van der Waals surface area (Å²) in [5.41, 5.74) is 1.10. The number of carboxylic acid groups (broad SMARTS) is 1. The van der Waals surface area contributed by atoms with Gasteiger partial charge in [-0.25, -0.2) is 9.59 Å². The largest absolute Gasteiger partial charge is 0.478 e. The number of hydrogen-bond donors (Lipinski definition) is 2. The lowest BCUT2D eigenvalue weighted by atomic mass is 9.91. The van der Waals surface area contributed by atoms with Crippen molar-refractivity contribution in [1.82, 2.24) is 9.47 Å². The number of fused-ring (bicyclic) bond motifs is 2. The molecule has 1 aliphatic heterocycles. The first kappa shape index (κ1) is 23.5. The number of rotatable bonds is 4. The fraction of sp³-hybridized carbons (Fsp3) is 0.346. The third-order valence-electron chi connectivity index (χ3n) is 5.97. The van der Waals surface area contributed by atoms with Crippen LogP contribution < -0.4 is 5.56 Å². The Bertz CT molecular complexity index is 1310. The summed E-state index contributed by atoms with van der Waals surface area (Å²) in [7, 11) is 0. The van der Waals surface area contributed by atoms with Crippen molar-refractivity contribution in [3.63, 3.8) is 0 Å². The average Bonchev–Trinajstić information content (AvgIpc) is 2.78. The van der Waals surface area contributed by atoms with Crippen molar-refractivity contribution in [3.05, 3.63) is 81.8 Å². The van der Waals surface area contributed by atoms with Gasteiger partial charge in [0.05, 0.1) is 24.3 Å². The minimum absolute atomic E-state index is 0.0262. The second-order valence-corrected chi connectivity index (χ2v) is 9.60. The van der Waals surface area contributed by atoms with E-state index in [1.54, 1.807) is 26.8 Å². The number of aromatic carboxylic acids is 1. The third kappa shape index (κ3) is 4.82. The molecule has 1 aliphatic rings. The van der Waals surface area contributed by atoms with E-state index in [9.17, 15) is 24.6 Å². The smallest absolute Gasteiger partial charge is 0.410 e. The van der Waals surface area contributed by atoms with Crippen LogP contribution in [0.4, 0.5) is 4.79 Å². The number of benzene rings is 2. The Kier molecular flexibility index (Phi) is 6.18. The Morgan fingerprint density at radius 2 is 1.82 bits per heavy atom. The van der Waals surface area contributed by atoms with E-state index in [-0.39, 0.29) is 17.7 Å². The fourth-order valence-corrected chi connectivity index (χ4v) is 4.30. The zero-order valence-electron chi connectivity index (χ0n) is 19.4. The molecule has 2 N–H and O–H groups in total. The minimum Gasteiger partial charge on any atom is -0.478 e. The lowest BCUT2D eigenvalue weighted by Gasteiger charge is -2.40. The van der Waals surface area contributed by atoms with E-state index in [2.05, 4.69) is 0 Å². The molecule has 2 aromatic carbocycles. The summed E-state index contributed by atoms with van der Waals surface area (Å²) >= 11 is 0. The first-order valence-corrected chi connectivity index (χ1v) is 11.1. The molecule has 0 unspecified atom stereocenters. The standard InChI is InChI=1S/C26H28N2O6/c1-26(2,3)34-25(33)28-14-19-7-5-4-6-16(19)13-21(28)22(29)15-27-11-10-17-12-18(24(31)32)8-9-20(17)23(27)30/h4-12,21-22,29H,13-15H2,1-3H3,(H,31,32)/t21-,22+/m0/s1. The maximum absolute atomic E-state index is 13.0. The van der Waals surface area contributed by atoms with Gasteiger partial charge in [0.25, 0.3) is 5.56 Å². The summed E-state index contributed by atoms with van der Waals surface area (Å²) in [5, 5.41) is 21.3. The van der Waals surface area contributed by atoms with Crippen molar-refractivity contribution in [2.45, 2.75) is 58.0 Å². The Hall–Kier alpha value is -3.65. The van der Waals surface area contributed by atoms with Crippen LogP contribution in [0.15, 0.2) is 59.5 Å². The van der Waals surface area contributed by atoms with Crippen LogP contribution in [0.5, 0.6) is 0 Å². The number of carboxylic acids is 1. The summed E-state index contributed by atoms with van der Waals surface area (Å²) in [4.78, 5) is 38.8. The highest BCUT2D eigenvalue weighted by Gasteiger charge is 2.37. The molecular weight excluding hydrogens is 436 g/mol. The van der Waals surface area contributed by atoms with Gasteiger partial charge in [-0.15, -0.1) is 0 Å². The molecule has 0 saturated carbocycles. The second-order valence-electron chi connectivity index (χ2n) is 9.60. The molecular formula is C26H28N2O6. The summed E-state index contributed by atoms with van der Waals surface area (Å²) in [6, 6.07) is 13.1. The molecule has 3 aromatic rings. The Balaban J connectivity index is 1.64. The second kappa shape index (κ2) is 8.95. The topological polar surface area (TPSA) is 109 Å². The van der Waals surface area contributed by atoms with E-state index in [1.165, 1.54) is 33.9 Å². The molecule has 2 heterocycles. The monoisotopic (exact) mass is 464 g/mol. The summed E-state index contributed by atoms with van der Waals surface area (Å²) in [6.45, 7) is 5.65. The van der Waals surface area contributed by atoms with Gasteiger partial charge < -0.3 is 19.5 Å². The number of amides is 1. The number of aliphatic hydroxyl groups is 1. The zero-order chi connectivity index (χ0) is 24.6. The quantitative estimate of drug-likeness (QED) is 0.612. The van der Waals surface area contributed by atoms with Crippen LogP contribution >= 0.6 is 0 Å². The molecule has 0 spiro atoms. The molecule has 8 nitrogen and oxygen atoms in total. The molecule has 1 aromatic heterocycles.